The van der Waals surface area contributed by atoms with Crippen LogP contribution in [0.25, 0.3) is 0 Å². The van der Waals surface area contributed by atoms with E-state index >= 15 is 0 Å². The topological polar surface area (TPSA) is 12.0 Å². The summed E-state index contributed by atoms with van der Waals surface area (Å²) < 4.78 is 2.86. The van der Waals surface area contributed by atoms with Gasteiger partial charge >= 0.3 is 0 Å². The summed E-state index contributed by atoms with van der Waals surface area (Å²) in [6.45, 7) is 2.82. The first-order valence-electron chi connectivity index (χ1n) is 1.77. The molecule has 0 aliphatic carbocycles. The van der Waals surface area contributed by atoms with Crippen LogP contribution in [0.1, 0.15) is 0 Å². The van der Waals surface area contributed by atoms with E-state index in [1.165, 1.54) is 0 Å². The van der Waals surface area contributed by atoms with Crippen molar-refractivity contribution in [3.63, 3.8) is 0 Å². The molecule has 2 heteroatoms. The lowest BCUT2D eigenvalue weighted by Crippen LogP contribution is -2.00. The van der Waals surface area contributed by atoms with Crippen LogP contribution in [0.4, 0.5) is 0 Å². The molecule has 0 aromatic carbocycles. The van der Waals surface area contributed by atoms with Gasteiger partial charge in [0, 0.05) is 5.75 Å². The molecule has 0 atom stereocenters. The molecule has 0 bridgehead atoms. The Kier molecular flexibility index (Phi) is 1.59. The van der Waals surface area contributed by atoms with Crippen LogP contribution in [0, 0.1) is 6.54 Å². The largest absolute Gasteiger partial charge is 0.249 e. The average Bonchev–Trinajstić information content (AvgIpc) is 1.72. The van der Waals surface area contributed by atoms with Crippen molar-refractivity contribution >= 4 is 11.9 Å². The Labute approximate surface area is 41.9 Å². The fourth-order valence-electron chi connectivity index (χ4n) is 0.273. The Morgan fingerprint density at radius 3 is 3.00 bits per heavy atom. The third kappa shape index (κ3) is 1.03. The van der Waals surface area contributed by atoms with Crippen LogP contribution in [0.2, 0.25) is 0 Å². The van der Waals surface area contributed by atoms with Gasteiger partial charge in [-0.25, -0.2) is 4.72 Å². The van der Waals surface area contributed by atoms with E-state index in [-0.39, 0.29) is 0 Å². The summed E-state index contributed by atoms with van der Waals surface area (Å²) in [4.78, 5) is 0. The summed E-state index contributed by atoms with van der Waals surface area (Å²) in [6.07, 6.45) is 3.94. The summed E-state index contributed by atoms with van der Waals surface area (Å²) >= 11 is 1.65. The molecule has 32 valence electrons. The Balaban J connectivity index is 2.26. The normalized spacial score (nSPS) is 21.3. The van der Waals surface area contributed by atoms with Gasteiger partial charge in [-0.15, -0.1) is 0 Å². The maximum atomic E-state index is 2.86. The van der Waals surface area contributed by atoms with E-state index in [2.05, 4.69) is 17.3 Å². The summed E-state index contributed by atoms with van der Waals surface area (Å²) in [5.74, 6) is 1.06. The minimum Gasteiger partial charge on any atom is -0.249 e. The number of hydrogen-bond acceptors (Lipinski definition) is 2. The van der Waals surface area contributed by atoms with Crippen molar-refractivity contribution in [2.45, 2.75) is 0 Å². The zero-order valence-corrected chi connectivity index (χ0v) is 4.09. The number of hydrogen-bond donors (Lipinski definition) is 1. The van der Waals surface area contributed by atoms with Crippen molar-refractivity contribution in [2.24, 2.45) is 0 Å². The second-order valence-corrected chi connectivity index (χ2v) is 1.79. The highest BCUT2D eigenvalue weighted by atomic mass is 32.2. The molecule has 0 saturated carbocycles. The van der Waals surface area contributed by atoms with Crippen LogP contribution in [0.15, 0.2) is 12.2 Å². The van der Waals surface area contributed by atoms with E-state index < -0.39 is 0 Å². The van der Waals surface area contributed by atoms with E-state index in [0.717, 1.165) is 5.75 Å². The fraction of sp³-hybridized carbons (Fsp3) is 0.250. The first-order chi connectivity index (χ1) is 3.00. The monoisotopic (exact) mass is 99.0 g/mol. The summed E-state index contributed by atoms with van der Waals surface area (Å²) in [6, 6.07) is 0. The highest BCUT2D eigenvalue weighted by Gasteiger charge is 1.86. The van der Waals surface area contributed by atoms with Gasteiger partial charge in [-0.3, -0.25) is 0 Å². The van der Waals surface area contributed by atoms with Crippen LogP contribution >= 0.6 is 11.9 Å². The quantitative estimate of drug-likeness (QED) is 0.451. The smallest absolute Gasteiger partial charge is 0.0957 e. The number of rotatable bonds is 0. The molecule has 0 unspecified atom stereocenters. The van der Waals surface area contributed by atoms with E-state index in [1.54, 1.807) is 11.9 Å². The van der Waals surface area contributed by atoms with Gasteiger partial charge in [-0.2, -0.15) is 0 Å². The average molecular weight is 99.2 g/mol. The molecule has 0 fully saturated rings. The molecule has 0 saturated heterocycles. The molecule has 1 N–H and O–H groups in total. The predicted molar refractivity (Wildman–Crippen MR) is 28.0 cm³/mol. The SMILES string of the molecule is [C]1C=CCSN1. The molecule has 6 heavy (non-hydrogen) atoms. The lowest BCUT2D eigenvalue weighted by Gasteiger charge is -1.98. The van der Waals surface area contributed by atoms with Gasteiger partial charge in [0.25, 0.3) is 0 Å². The molecule has 0 aromatic heterocycles. The van der Waals surface area contributed by atoms with Crippen molar-refractivity contribution in [2.75, 3.05) is 5.75 Å². The minimum atomic E-state index is 1.06. The van der Waals surface area contributed by atoms with E-state index in [9.17, 15) is 0 Å². The van der Waals surface area contributed by atoms with Crippen molar-refractivity contribution in [1.82, 2.24) is 4.72 Å². The molecule has 2 radical (unpaired) electrons. The van der Waals surface area contributed by atoms with Crippen molar-refractivity contribution in [3.05, 3.63) is 18.7 Å². The van der Waals surface area contributed by atoms with Gasteiger partial charge in [0.05, 0.1) is 6.54 Å². The second-order valence-electron chi connectivity index (χ2n) is 0.960. The van der Waals surface area contributed by atoms with Gasteiger partial charge in [0.15, 0.2) is 0 Å². The zero-order chi connectivity index (χ0) is 4.24. The lowest BCUT2D eigenvalue weighted by molar-refractivity contribution is 1.26. The first kappa shape index (κ1) is 4.22. The Morgan fingerprint density at radius 1 is 1.83 bits per heavy atom. The predicted octanol–water partition coefficient (Wildman–Crippen LogP) is 0.833. The minimum absolute atomic E-state index is 1.06. The number of nitrogens with one attached hydrogen (secondary N) is 1. The summed E-state index contributed by atoms with van der Waals surface area (Å²) in [5.41, 5.74) is 0. The van der Waals surface area contributed by atoms with Gasteiger partial charge in [0.2, 0.25) is 0 Å². The molecular weight excluding hydrogens is 94.1 g/mol. The van der Waals surface area contributed by atoms with E-state index in [4.69, 9.17) is 0 Å². The zero-order valence-electron chi connectivity index (χ0n) is 3.27. The molecule has 1 rings (SSSR count). The summed E-state index contributed by atoms with van der Waals surface area (Å²) in [7, 11) is 0. The van der Waals surface area contributed by atoms with Crippen LogP contribution < -0.4 is 4.72 Å². The molecule has 1 aliphatic rings. The van der Waals surface area contributed by atoms with Gasteiger partial charge < -0.3 is 0 Å². The maximum absolute atomic E-state index is 2.86. The Morgan fingerprint density at radius 2 is 2.83 bits per heavy atom. The van der Waals surface area contributed by atoms with E-state index in [0.29, 0.717) is 0 Å². The highest BCUT2D eigenvalue weighted by Crippen LogP contribution is 1.99. The highest BCUT2D eigenvalue weighted by molar-refractivity contribution is 7.97. The van der Waals surface area contributed by atoms with Crippen molar-refractivity contribution in [3.8, 4) is 0 Å². The van der Waals surface area contributed by atoms with Crippen LogP contribution in [0.3, 0.4) is 0 Å². The van der Waals surface area contributed by atoms with Crippen LogP contribution in [0.5, 0.6) is 0 Å². The molecule has 0 spiro atoms. The molecule has 0 aromatic rings. The summed E-state index contributed by atoms with van der Waals surface area (Å²) in [5, 5.41) is 0. The van der Waals surface area contributed by atoms with Crippen LogP contribution in [-0.2, 0) is 0 Å². The van der Waals surface area contributed by atoms with Crippen molar-refractivity contribution < 1.29 is 0 Å². The third-order valence-electron chi connectivity index (χ3n) is 0.512. The van der Waals surface area contributed by atoms with Gasteiger partial charge in [0.1, 0.15) is 0 Å². The van der Waals surface area contributed by atoms with Gasteiger partial charge in [-0.1, -0.05) is 24.1 Å². The fourth-order valence-corrected chi connectivity index (χ4v) is 0.700. The first-order valence-corrected chi connectivity index (χ1v) is 2.76. The standard InChI is InChI=1S/C4H5NS/c1-2-4-6-5-3-1/h1-2,5H,4H2. The van der Waals surface area contributed by atoms with Crippen LogP contribution in [-0.4, -0.2) is 5.75 Å². The second kappa shape index (κ2) is 2.26. The molecular formula is C4H5NS. The Bertz CT molecular complexity index is 52.6. The maximum Gasteiger partial charge on any atom is 0.0957 e. The third-order valence-corrected chi connectivity index (χ3v) is 1.13. The lowest BCUT2D eigenvalue weighted by atomic mass is 10.5. The Hall–Kier alpha value is 0.0500. The molecule has 1 nitrogen and oxygen atoms in total. The molecule has 1 heterocycles. The molecule has 0 amide bonds. The van der Waals surface area contributed by atoms with Gasteiger partial charge in [-0.05, 0) is 0 Å². The molecule has 1 aliphatic heterocycles. The van der Waals surface area contributed by atoms with E-state index in [1.807, 2.05) is 6.08 Å². The van der Waals surface area contributed by atoms with Crippen molar-refractivity contribution in [1.29, 1.82) is 0 Å².